The normalized spacial score (nSPS) is 11.7. The highest BCUT2D eigenvalue weighted by Gasteiger charge is 2.17. The third-order valence-corrected chi connectivity index (χ3v) is 4.80. The summed E-state index contributed by atoms with van der Waals surface area (Å²) in [4.78, 5) is 0. The largest absolute Gasteiger partial charge is 0.352 e. The van der Waals surface area contributed by atoms with E-state index in [2.05, 4.69) is 45.6 Å². The van der Waals surface area contributed by atoms with Gasteiger partial charge in [-0.2, -0.15) is 0 Å². The van der Waals surface area contributed by atoms with Crippen molar-refractivity contribution in [3.8, 4) is 0 Å². The van der Waals surface area contributed by atoms with Crippen LogP contribution >= 0.6 is 28.1 Å². The highest BCUT2D eigenvalue weighted by atomic mass is 79.9. The Hall–Kier alpha value is -2.24. The molecule has 0 saturated heterocycles. The minimum Gasteiger partial charge on any atom is -0.352 e. The summed E-state index contributed by atoms with van der Waals surface area (Å²) in [7, 11) is 0. The molecule has 0 aliphatic rings. The van der Waals surface area contributed by atoms with E-state index < -0.39 is 0 Å². The third kappa shape index (κ3) is 4.48. The maximum absolute atomic E-state index is 14.1. The molecule has 0 aliphatic carbocycles. The molecule has 132 valence electrons. The molecule has 2 nitrogen and oxygen atoms in total. The van der Waals surface area contributed by atoms with Gasteiger partial charge in [-0.25, -0.2) is 4.39 Å². The first-order chi connectivity index (χ1) is 12.5. The van der Waals surface area contributed by atoms with Crippen LogP contribution in [-0.4, -0.2) is 5.11 Å². The zero-order chi connectivity index (χ0) is 18.5. The van der Waals surface area contributed by atoms with Crippen LogP contribution in [0.4, 0.5) is 10.1 Å². The standard InChI is InChI=1S/C21H18BrFN2S/c1-14-7-5-6-10-17(14)20(15-8-3-2-4-9-15)25-21(26)24-19-12-11-16(22)13-18(19)23/h2-13,20H,1H3,(H2,24,25,26)/t20-/m1/s1. The first-order valence-corrected chi connectivity index (χ1v) is 9.38. The number of hydrogen-bond acceptors (Lipinski definition) is 1. The van der Waals surface area contributed by atoms with Crippen LogP contribution in [0.1, 0.15) is 22.7 Å². The first-order valence-electron chi connectivity index (χ1n) is 8.17. The molecule has 0 aliphatic heterocycles. The molecule has 3 rings (SSSR count). The summed E-state index contributed by atoms with van der Waals surface area (Å²) < 4.78 is 14.8. The van der Waals surface area contributed by atoms with Crippen molar-refractivity contribution >= 4 is 38.9 Å². The second-order valence-electron chi connectivity index (χ2n) is 5.92. The highest BCUT2D eigenvalue weighted by Crippen LogP contribution is 2.25. The van der Waals surface area contributed by atoms with Crippen molar-refractivity contribution in [3.63, 3.8) is 0 Å². The van der Waals surface area contributed by atoms with Gasteiger partial charge in [-0.3, -0.25) is 0 Å². The van der Waals surface area contributed by atoms with E-state index in [1.807, 2.05) is 42.5 Å². The molecule has 1 atom stereocenters. The molecule has 0 spiro atoms. The van der Waals surface area contributed by atoms with Gasteiger partial charge in [-0.05, 0) is 54.0 Å². The van der Waals surface area contributed by atoms with Crippen molar-refractivity contribution in [2.24, 2.45) is 0 Å². The van der Waals surface area contributed by atoms with E-state index in [4.69, 9.17) is 12.2 Å². The first kappa shape index (κ1) is 18.5. The van der Waals surface area contributed by atoms with Crippen LogP contribution in [0.3, 0.4) is 0 Å². The average molecular weight is 429 g/mol. The molecule has 0 saturated carbocycles. The molecule has 0 amide bonds. The van der Waals surface area contributed by atoms with Crippen molar-refractivity contribution in [2.45, 2.75) is 13.0 Å². The Kier molecular flexibility index (Phi) is 6.01. The Morgan fingerprint density at radius 1 is 1.00 bits per heavy atom. The number of thiocarbonyl (C=S) groups is 1. The molecule has 0 heterocycles. The zero-order valence-electron chi connectivity index (χ0n) is 14.2. The Labute approximate surface area is 166 Å². The quantitative estimate of drug-likeness (QED) is 0.500. The summed E-state index contributed by atoms with van der Waals surface area (Å²) >= 11 is 8.70. The summed E-state index contributed by atoms with van der Waals surface area (Å²) in [5, 5.41) is 6.64. The number of anilines is 1. The lowest BCUT2D eigenvalue weighted by Gasteiger charge is -2.23. The monoisotopic (exact) mass is 428 g/mol. The SMILES string of the molecule is Cc1ccccc1[C@H](NC(=S)Nc1ccc(Br)cc1F)c1ccccc1. The molecular weight excluding hydrogens is 411 g/mol. The van der Waals surface area contributed by atoms with Crippen LogP contribution < -0.4 is 10.6 Å². The summed E-state index contributed by atoms with van der Waals surface area (Å²) in [5.41, 5.74) is 3.70. The van der Waals surface area contributed by atoms with E-state index in [-0.39, 0.29) is 11.9 Å². The van der Waals surface area contributed by atoms with E-state index in [1.54, 1.807) is 12.1 Å². The van der Waals surface area contributed by atoms with Gasteiger partial charge in [0.15, 0.2) is 5.11 Å². The van der Waals surface area contributed by atoms with E-state index in [9.17, 15) is 4.39 Å². The smallest absolute Gasteiger partial charge is 0.171 e. The van der Waals surface area contributed by atoms with Gasteiger partial charge in [0.2, 0.25) is 0 Å². The molecule has 3 aromatic carbocycles. The predicted octanol–water partition coefficient (Wildman–Crippen LogP) is 5.97. The van der Waals surface area contributed by atoms with Crippen molar-refractivity contribution in [3.05, 3.63) is 99.8 Å². The number of nitrogens with one attached hydrogen (secondary N) is 2. The second-order valence-corrected chi connectivity index (χ2v) is 7.25. The minimum atomic E-state index is -0.365. The van der Waals surface area contributed by atoms with Crippen LogP contribution in [0.5, 0.6) is 0 Å². The molecule has 0 bridgehead atoms. The third-order valence-electron chi connectivity index (χ3n) is 4.09. The number of halogens is 2. The molecule has 0 unspecified atom stereocenters. The van der Waals surface area contributed by atoms with E-state index in [0.717, 1.165) is 16.7 Å². The molecule has 0 aromatic heterocycles. The zero-order valence-corrected chi connectivity index (χ0v) is 16.6. The molecule has 0 radical (unpaired) electrons. The Bertz CT molecular complexity index is 915. The second kappa shape index (κ2) is 8.43. The molecule has 26 heavy (non-hydrogen) atoms. The van der Waals surface area contributed by atoms with Crippen LogP contribution in [-0.2, 0) is 0 Å². The fraction of sp³-hybridized carbons (Fsp3) is 0.0952. The highest BCUT2D eigenvalue weighted by molar-refractivity contribution is 9.10. The van der Waals surface area contributed by atoms with Crippen LogP contribution in [0.25, 0.3) is 0 Å². The van der Waals surface area contributed by atoms with E-state index in [1.165, 1.54) is 6.07 Å². The van der Waals surface area contributed by atoms with Gasteiger partial charge in [-0.1, -0.05) is 70.5 Å². The van der Waals surface area contributed by atoms with Crippen LogP contribution in [0.2, 0.25) is 0 Å². The molecule has 5 heteroatoms. The molecule has 0 fully saturated rings. The number of benzene rings is 3. The van der Waals surface area contributed by atoms with Crippen molar-refractivity contribution in [2.75, 3.05) is 5.32 Å². The van der Waals surface area contributed by atoms with E-state index in [0.29, 0.717) is 15.3 Å². The minimum absolute atomic E-state index is 0.129. The van der Waals surface area contributed by atoms with Crippen LogP contribution in [0, 0.1) is 12.7 Å². The molecule has 3 aromatic rings. The average Bonchev–Trinajstić information content (AvgIpc) is 2.63. The number of rotatable bonds is 4. The van der Waals surface area contributed by atoms with Crippen molar-refractivity contribution in [1.29, 1.82) is 0 Å². The lowest BCUT2D eigenvalue weighted by Crippen LogP contribution is -2.33. The molecular formula is C21H18BrFN2S. The van der Waals surface area contributed by atoms with Gasteiger partial charge < -0.3 is 10.6 Å². The maximum Gasteiger partial charge on any atom is 0.171 e. The van der Waals surface area contributed by atoms with Gasteiger partial charge in [0.05, 0.1) is 11.7 Å². The predicted molar refractivity (Wildman–Crippen MR) is 113 cm³/mol. The summed E-state index contributed by atoms with van der Waals surface area (Å²) in [6, 6.07) is 22.9. The Morgan fingerprint density at radius 2 is 1.69 bits per heavy atom. The Morgan fingerprint density at radius 3 is 2.38 bits per heavy atom. The lowest BCUT2D eigenvalue weighted by atomic mass is 9.95. The van der Waals surface area contributed by atoms with E-state index >= 15 is 0 Å². The van der Waals surface area contributed by atoms with Gasteiger partial charge in [0, 0.05) is 4.47 Å². The van der Waals surface area contributed by atoms with Gasteiger partial charge in [-0.15, -0.1) is 0 Å². The van der Waals surface area contributed by atoms with Crippen molar-refractivity contribution in [1.82, 2.24) is 5.32 Å². The van der Waals surface area contributed by atoms with Crippen molar-refractivity contribution < 1.29 is 4.39 Å². The van der Waals surface area contributed by atoms with Gasteiger partial charge in [0.25, 0.3) is 0 Å². The lowest BCUT2D eigenvalue weighted by molar-refractivity contribution is 0.631. The number of aryl methyl sites for hydroxylation is 1. The summed E-state index contributed by atoms with van der Waals surface area (Å²) in [6.45, 7) is 2.07. The fourth-order valence-electron chi connectivity index (χ4n) is 2.78. The maximum atomic E-state index is 14.1. The van der Waals surface area contributed by atoms with Gasteiger partial charge >= 0.3 is 0 Å². The fourth-order valence-corrected chi connectivity index (χ4v) is 3.34. The summed E-state index contributed by atoms with van der Waals surface area (Å²) in [6.07, 6.45) is 0. The Balaban J connectivity index is 1.86. The number of hydrogen-bond donors (Lipinski definition) is 2. The molecule has 2 N–H and O–H groups in total. The summed E-state index contributed by atoms with van der Waals surface area (Å²) in [5.74, 6) is -0.365. The van der Waals surface area contributed by atoms with Crippen LogP contribution in [0.15, 0.2) is 77.3 Å². The van der Waals surface area contributed by atoms with Gasteiger partial charge in [0.1, 0.15) is 5.82 Å². The topological polar surface area (TPSA) is 24.1 Å².